The van der Waals surface area contributed by atoms with Crippen molar-refractivity contribution in [2.24, 2.45) is 0 Å². The van der Waals surface area contributed by atoms with Gasteiger partial charge in [-0.15, -0.1) is 0 Å². The SMILES string of the molecule is O=C(O)CCC(NCCF)C(=O)O. The maximum atomic E-state index is 11.6. The Labute approximate surface area is 74.6 Å². The summed E-state index contributed by atoms with van der Waals surface area (Å²) < 4.78 is 11.6. The first-order valence-corrected chi connectivity index (χ1v) is 3.82. The summed E-state index contributed by atoms with van der Waals surface area (Å²) >= 11 is 0. The Morgan fingerprint density at radius 3 is 2.38 bits per heavy atom. The lowest BCUT2D eigenvalue weighted by atomic mass is 10.1. The zero-order valence-corrected chi connectivity index (χ0v) is 6.99. The summed E-state index contributed by atoms with van der Waals surface area (Å²) in [5.41, 5.74) is 0. The predicted octanol–water partition coefficient (Wildman–Crippen LogP) is -0.137. The van der Waals surface area contributed by atoms with Crippen molar-refractivity contribution < 1.29 is 24.2 Å². The number of rotatable bonds is 7. The van der Waals surface area contributed by atoms with Gasteiger partial charge in [0, 0.05) is 13.0 Å². The molecule has 0 radical (unpaired) electrons. The van der Waals surface area contributed by atoms with Crippen LogP contribution in [0.1, 0.15) is 12.8 Å². The van der Waals surface area contributed by atoms with Gasteiger partial charge >= 0.3 is 11.9 Å². The van der Waals surface area contributed by atoms with Crippen molar-refractivity contribution in [2.45, 2.75) is 18.9 Å². The van der Waals surface area contributed by atoms with Crippen molar-refractivity contribution in [3.63, 3.8) is 0 Å². The molecule has 0 fully saturated rings. The standard InChI is InChI=1S/C7H12FNO4/c8-3-4-9-5(7(12)13)1-2-6(10)11/h5,9H,1-4H2,(H,10,11)(H,12,13). The second kappa shape index (κ2) is 6.36. The van der Waals surface area contributed by atoms with E-state index in [9.17, 15) is 14.0 Å². The second-order valence-electron chi connectivity index (χ2n) is 2.47. The molecule has 1 unspecified atom stereocenters. The number of carboxylic acid groups (broad SMARTS) is 2. The lowest BCUT2D eigenvalue weighted by molar-refractivity contribution is -0.140. The summed E-state index contributed by atoms with van der Waals surface area (Å²) in [7, 11) is 0. The first kappa shape index (κ1) is 11.8. The van der Waals surface area contributed by atoms with E-state index in [4.69, 9.17) is 10.2 Å². The fraction of sp³-hybridized carbons (Fsp3) is 0.714. The molecule has 0 aliphatic rings. The van der Waals surface area contributed by atoms with Crippen LogP contribution in [0.4, 0.5) is 4.39 Å². The van der Waals surface area contributed by atoms with Crippen LogP contribution >= 0.6 is 0 Å². The average Bonchev–Trinajstić information content (AvgIpc) is 2.03. The highest BCUT2D eigenvalue weighted by Crippen LogP contribution is 1.97. The van der Waals surface area contributed by atoms with Crippen LogP contribution in [0.3, 0.4) is 0 Å². The average molecular weight is 193 g/mol. The first-order chi connectivity index (χ1) is 6.07. The molecule has 0 saturated carbocycles. The van der Waals surface area contributed by atoms with Crippen molar-refractivity contribution in [3.8, 4) is 0 Å². The summed E-state index contributed by atoms with van der Waals surface area (Å²) in [5, 5.41) is 19.2. The van der Waals surface area contributed by atoms with Crippen molar-refractivity contribution in [2.75, 3.05) is 13.2 Å². The number of hydrogen-bond acceptors (Lipinski definition) is 3. The number of nitrogens with one attached hydrogen (secondary N) is 1. The van der Waals surface area contributed by atoms with Gasteiger partial charge in [0.2, 0.25) is 0 Å². The molecule has 0 aromatic heterocycles. The van der Waals surface area contributed by atoms with Crippen LogP contribution in [-0.2, 0) is 9.59 Å². The van der Waals surface area contributed by atoms with E-state index < -0.39 is 24.7 Å². The Morgan fingerprint density at radius 2 is 2.00 bits per heavy atom. The Balaban J connectivity index is 3.80. The predicted molar refractivity (Wildman–Crippen MR) is 42.3 cm³/mol. The van der Waals surface area contributed by atoms with Crippen molar-refractivity contribution in [1.82, 2.24) is 5.32 Å². The molecule has 0 spiro atoms. The molecule has 1 atom stereocenters. The molecule has 0 heterocycles. The molecule has 3 N–H and O–H groups in total. The summed E-state index contributed by atoms with van der Waals surface area (Å²) in [5.74, 6) is -2.22. The quantitative estimate of drug-likeness (QED) is 0.524. The second-order valence-corrected chi connectivity index (χ2v) is 2.47. The molecule has 0 aromatic carbocycles. The minimum absolute atomic E-state index is 0.0370. The fourth-order valence-electron chi connectivity index (χ4n) is 0.809. The van der Waals surface area contributed by atoms with Crippen LogP contribution < -0.4 is 5.32 Å². The van der Waals surface area contributed by atoms with E-state index in [2.05, 4.69) is 5.32 Å². The third-order valence-corrected chi connectivity index (χ3v) is 1.43. The topological polar surface area (TPSA) is 86.6 Å². The highest BCUT2D eigenvalue weighted by atomic mass is 19.1. The molecule has 76 valence electrons. The van der Waals surface area contributed by atoms with Crippen LogP contribution in [0.15, 0.2) is 0 Å². The third kappa shape index (κ3) is 6.03. The van der Waals surface area contributed by atoms with Gasteiger partial charge in [0.05, 0.1) is 0 Å². The minimum Gasteiger partial charge on any atom is -0.481 e. The normalized spacial score (nSPS) is 12.4. The molecule has 0 aromatic rings. The monoisotopic (exact) mass is 193 g/mol. The van der Waals surface area contributed by atoms with E-state index in [1.165, 1.54) is 0 Å². The largest absolute Gasteiger partial charge is 0.481 e. The number of aliphatic carboxylic acids is 2. The number of carboxylic acids is 2. The molecule has 13 heavy (non-hydrogen) atoms. The van der Waals surface area contributed by atoms with Gasteiger partial charge in [-0.3, -0.25) is 9.59 Å². The van der Waals surface area contributed by atoms with Gasteiger partial charge in [-0.2, -0.15) is 0 Å². The molecule has 0 bridgehead atoms. The maximum absolute atomic E-state index is 11.6. The van der Waals surface area contributed by atoms with E-state index in [1.807, 2.05) is 0 Å². The summed E-state index contributed by atoms with van der Waals surface area (Å²) in [4.78, 5) is 20.5. The van der Waals surface area contributed by atoms with Gasteiger partial charge in [0.1, 0.15) is 12.7 Å². The van der Waals surface area contributed by atoms with Gasteiger partial charge < -0.3 is 15.5 Å². The molecule has 5 nitrogen and oxygen atoms in total. The molecule has 0 aliphatic heterocycles. The lowest BCUT2D eigenvalue weighted by Gasteiger charge is -2.11. The molecule has 0 saturated heterocycles. The lowest BCUT2D eigenvalue weighted by Crippen LogP contribution is -2.38. The third-order valence-electron chi connectivity index (χ3n) is 1.43. The van der Waals surface area contributed by atoms with Crippen LogP contribution in [0.5, 0.6) is 0 Å². The van der Waals surface area contributed by atoms with Crippen LogP contribution in [-0.4, -0.2) is 41.4 Å². The van der Waals surface area contributed by atoms with Crippen LogP contribution in [0, 0.1) is 0 Å². The maximum Gasteiger partial charge on any atom is 0.320 e. The van der Waals surface area contributed by atoms with E-state index in [0.29, 0.717) is 0 Å². The fourth-order valence-corrected chi connectivity index (χ4v) is 0.809. The molecule has 0 aliphatic carbocycles. The zero-order chi connectivity index (χ0) is 10.3. The van der Waals surface area contributed by atoms with Gasteiger partial charge in [-0.05, 0) is 6.42 Å². The van der Waals surface area contributed by atoms with E-state index >= 15 is 0 Å². The Hall–Kier alpha value is -1.17. The van der Waals surface area contributed by atoms with E-state index in [0.717, 1.165) is 0 Å². The minimum atomic E-state index is -1.16. The van der Waals surface area contributed by atoms with Crippen molar-refractivity contribution in [1.29, 1.82) is 0 Å². The van der Waals surface area contributed by atoms with Crippen LogP contribution in [0.25, 0.3) is 0 Å². The first-order valence-electron chi connectivity index (χ1n) is 3.82. The zero-order valence-electron chi connectivity index (χ0n) is 6.99. The Bertz CT molecular complexity index is 185. The molecule has 6 heteroatoms. The van der Waals surface area contributed by atoms with E-state index in [-0.39, 0.29) is 19.4 Å². The highest BCUT2D eigenvalue weighted by Gasteiger charge is 2.17. The summed E-state index contributed by atoms with van der Waals surface area (Å²) in [6, 6.07) is -0.980. The molecular formula is C7H12FNO4. The molecule has 0 rings (SSSR count). The number of hydrogen-bond donors (Lipinski definition) is 3. The molecule has 0 amide bonds. The number of halogens is 1. The van der Waals surface area contributed by atoms with Gasteiger partial charge in [-0.1, -0.05) is 0 Å². The van der Waals surface area contributed by atoms with E-state index in [1.54, 1.807) is 0 Å². The Kier molecular flexibility index (Phi) is 5.79. The number of alkyl halides is 1. The Morgan fingerprint density at radius 1 is 1.38 bits per heavy atom. The highest BCUT2D eigenvalue weighted by molar-refractivity contribution is 5.75. The number of carbonyl (C=O) groups is 2. The van der Waals surface area contributed by atoms with Crippen molar-refractivity contribution >= 4 is 11.9 Å². The summed E-state index contributed by atoms with van der Waals surface area (Å²) in [6.07, 6.45) is -0.277. The van der Waals surface area contributed by atoms with Gasteiger partial charge in [0.15, 0.2) is 0 Å². The van der Waals surface area contributed by atoms with Gasteiger partial charge in [-0.25, -0.2) is 4.39 Å². The van der Waals surface area contributed by atoms with Crippen molar-refractivity contribution in [3.05, 3.63) is 0 Å². The smallest absolute Gasteiger partial charge is 0.320 e. The molecular weight excluding hydrogens is 181 g/mol. The van der Waals surface area contributed by atoms with Crippen LogP contribution in [0.2, 0.25) is 0 Å². The summed E-state index contributed by atoms with van der Waals surface area (Å²) in [6.45, 7) is -0.743. The van der Waals surface area contributed by atoms with Gasteiger partial charge in [0.25, 0.3) is 0 Å².